The Morgan fingerprint density at radius 3 is 2.61 bits per heavy atom. The fourth-order valence-corrected chi connectivity index (χ4v) is 3.61. The number of halogens is 1. The molecule has 0 aliphatic carbocycles. The Bertz CT molecular complexity index is 835. The number of rotatable bonds is 6. The number of hydrogen-bond donors (Lipinski definition) is 3. The van der Waals surface area contributed by atoms with Gasteiger partial charge in [0.15, 0.2) is 6.54 Å². The maximum atomic E-state index is 12.4. The summed E-state index contributed by atoms with van der Waals surface area (Å²) in [5, 5.41) is 6.42. The number of benzene rings is 2. The lowest BCUT2D eigenvalue weighted by atomic mass is 10.0. The summed E-state index contributed by atoms with van der Waals surface area (Å²) in [7, 11) is 1.60. The number of piperidine rings is 1. The van der Waals surface area contributed by atoms with Gasteiger partial charge in [-0.15, -0.1) is 0 Å². The SMILES string of the molecule is COc1cccc(NC(=O)C[NH+]2CCC(NC(=O)c3ccccc3Cl)CC2)c1. The number of carbonyl (C=O) groups excluding carboxylic acids is 2. The van der Waals surface area contributed by atoms with Crippen molar-refractivity contribution in [3.8, 4) is 5.75 Å². The van der Waals surface area contributed by atoms with Crippen LogP contribution in [-0.4, -0.2) is 44.6 Å². The van der Waals surface area contributed by atoms with Crippen LogP contribution in [0.3, 0.4) is 0 Å². The van der Waals surface area contributed by atoms with Crippen molar-refractivity contribution in [2.75, 3.05) is 32.1 Å². The average Bonchev–Trinajstić information content (AvgIpc) is 2.70. The second-order valence-electron chi connectivity index (χ2n) is 6.93. The molecule has 0 aromatic heterocycles. The molecule has 1 saturated heterocycles. The first-order valence-electron chi connectivity index (χ1n) is 9.38. The van der Waals surface area contributed by atoms with Crippen molar-refractivity contribution in [3.63, 3.8) is 0 Å². The third-order valence-corrected chi connectivity index (χ3v) is 5.24. The first kappa shape index (κ1) is 20.2. The Morgan fingerprint density at radius 2 is 1.89 bits per heavy atom. The van der Waals surface area contributed by atoms with E-state index in [0.29, 0.717) is 22.9 Å². The summed E-state index contributed by atoms with van der Waals surface area (Å²) in [5.74, 6) is 0.539. The molecule has 0 radical (unpaired) electrons. The molecule has 1 fully saturated rings. The molecule has 28 heavy (non-hydrogen) atoms. The number of quaternary nitrogens is 1. The van der Waals surface area contributed by atoms with Gasteiger partial charge in [-0.05, 0) is 24.3 Å². The highest BCUT2D eigenvalue weighted by atomic mass is 35.5. The largest absolute Gasteiger partial charge is 0.497 e. The minimum atomic E-state index is -0.144. The lowest BCUT2D eigenvalue weighted by molar-refractivity contribution is -0.897. The molecule has 1 aliphatic rings. The van der Waals surface area contributed by atoms with Crippen molar-refractivity contribution in [2.45, 2.75) is 18.9 Å². The van der Waals surface area contributed by atoms with Crippen LogP contribution in [-0.2, 0) is 4.79 Å². The number of carbonyl (C=O) groups is 2. The first-order chi connectivity index (χ1) is 13.5. The fraction of sp³-hybridized carbons (Fsp3) is 0.333. The molecule has 0 saturated carbocycles. The molecule has 1 aliphatic heterocycles. The Kier molecular flexibility index (Phi) is 6.90. The normalized spacial score (nSPS) is 18.9. The Balaban J connectivity index is 1.44. The minimum Gasteiger partial charge on any atom is -0.497 e. The highest BCUT2D eigenvalue weighted by Crippen LogP contribution is 2.17. The third kappa shape index (κ3) is 5.47. The summed E-state index contributed by atoms with van der Waals surface area (Å²) in [4.78, 5) is 25.9. The Labute approximate surface area is 169 Å². The third-order valence-electron chi connectivity index (χ3n) is 4.91. The van der Waals surface area contributed by atoms with Crippen molar-refractivity contribution in [3.05, 3.63) is 59.1 Å². The van der Waals surface area contributed by atoms with Crippen LogP contribution in [0.1, 0.15) is 23.2 Å². The molecule has 0 atom stereocenters. The van der Waals surface area contributed by atoms with E-state index in [9.17, 15) is 9.59 Å². The van der Waals surface area contributed by atoms with Crippen molar-refractivity contribution in [1.82, 2.24) is 5.32 Å². The van der Waals surface area contributed by atoms with Gasteiger partial charge in [-0.1, -0.05) is 29.8 Å². The average molecular weight is 403 g/mol. The highest BCUT2D eigenvalue weighted by molar-refractivity contribution is 6.33. The summed E-state index contributed by atoms with van der Waals surface area (Å²) < 4.78 is 5.17. The van der Waals surface area contributed by atoms with Crippen molar-refractivity contribution >= 4 is 29.1 Å². The van der Waals surface area contributed by atoms with E-state index < -0.39 is 0 Å². The van der Waals surface area contributed by atoms with E-state index in [2.05, 4.69) is 10.6 Å². The van der Waals surface area contributed by atoms with Crippen LogP contribution >= 0.6 is 11.6 Å². The quantitative estimate of drug-likeness (QED) is 0.689. The topological polar surface area (TPSA) is 71.9 Å². The van der Waals surface area contributed by atoms with Crippen LogP contribution in [0.2, 0.25) is 5.02 Å². The zero-order valence-electron chi connectivity index (χ0n) is 15.8. The van der Waals surface area contributed by atoms with Gasteiger partial charge in [0.05, 0.1) is 30.8 Å². The Morgan fingerprint density at radius 1 is 1.14 bits per heavy atom. The molecular formula is C21H25ClN3O3+. The molecule has 0 bridgehead atoms. The van der Waals surface area contributed by atoms with Gasteiger partial charge >= 0.3 is 0 Å². The molecular weight excluding hydrogens is 378 g/mol. The molecule has 2 aromatic rings. The molecule has 2 amide bonds. The van der Waals surface area contributed by atoms with Gasteiger partial charge in [0.2, 0.25) is 0 Å². The summed E-state index contributed by atoms with van der Waals surface area (Å²) in [6.45, 7) is 2.07. The molecule has 2 aromatic carbocycles. The number of ether oxygens (including phenoxy) is 1. The van der Waals surface area contributed by atoms with E-state index >= 15 is 0 Å². The number of hydrogen-bond acceptors (Lipinski definition) is 3. The summed E-state index contributed by atoms with van der Waals surface area (Å²) >= 11 is 6.09. The van der Waals surface area contributed by atoms with Crippen LogP contribution in [0.4, 0.5) is 5.69 Å². The van der Waals surface area contributed by atoms with Gasteiger partial charge in [0.25, 0.3) is 11.8 Å². The van der Waals surface area contributed by atoms with Gasteiger partial charge in [-0.25, -0.2) is 0 Å². The van der Waals surface area contributed by atoms with Gasteiger partial charge in [0, 0.05) is 30.6 Å². The van der Waals surface area contributed by atoms with E-state index in [1.54, 1.807) is 37.4 Å². The lowest BCUT2D eigenvalue weighted by Gasteiger charge is -2.29. The standard InChI is InChI=1S/C21H24ClN3O3/c1-28-17-6-4-5-16(13-17)23-20(26)14-25-11-9-15(10-12-25)24-21(27)18-7-2-3-8-19(18)22/h2-8,13,15H,9-12,14H2,1H3,(H,23,26)(H,24,27)/p+1. The molecule has 3 rings (SSSR count). The van der Waals surface area contributed by atoms with Crippen LogP contribution < -0.4 is 20.3 Å². The number of anilines is 1. The van der Waals surface area contributed by atoms with E-state index in [4.69, 9.17) is 16.3 Å². The number of amides is 2. The van der Waals surface area contributed by atoms with Crippen LogP contribution in [0, 0.1) is 0 Å². The van der Waals surface area contributed by atoms with Crippen molar-refractivity contribution in [1.29, 1.82) is 0 Å². The van der Waals surface area contributed by atoms with E-state index in [0.717, 1.165) is 31.6 Å². The summed E-state index contributed by atoms with van der Waals surface area (Å²) in [5.41, 5.74) is 1.22. The minimum absolute atomic E-state index is 0.0261. The zero-order valence-corrected chi connectivity index (χ0v) is 16.6. The summed E-state index contributed by atoms with van der Waals surface area (Å²) in [6, 6.07) is 14.5. The van der Waals surface area contributed by atoms with Crippen LogP contribution in [0.5, 0.6) is 5.75 Å². The maximum absolute atomic E-state index is 12.4. The molecule has 3 N–H and O–H groups in total. The monoisotopic (exact) mass is 402 g/mol. The molecule has 0 spiro atoms. The maximum Gasteiger partial charge on any atom is 0.279 e. The number of methoxy groups -OCH3 is 1. The lowest BCUT2D eigenvalue weighted by Crippen LogP contribution is -3.14. The number of nitrogens with one attached hydrogen (secondary N) is 3. The second-order valence-corrected chi connectivity index (χ2v) is 7.34. The smallest absolute Gasteiger partial charge is 0.279 e. The van der Waals surface area contributed by atoms with Gasteiger partial charge in [-0.2, -0.15) is 0 Å². The van der Waals surface area contributed by atoms with Crippen molar-refractivity contribution in [2.24, 2.45) is 0 Å². The van der Waals surface area contributed by atoms with Gasteiger partial charge in [0.1, 0.15) is 5.75 Å². The van der Waals surface area contributed by atoms with Gasteiger partial charge in [-0.3, -0.25) is 9.59 Å². The highest BCUT2D eigenvalue weighted by Gasteiger charge is 2.25. The predicted octanol–water partition coefficient (Wildman–Crippen LogP) is 1.76. The summed E-state index contributed by atoms with van der Waals surface area (Å²) in [6.07, 6.45) is 1.66. The van der Waals surface area contributed by atoms with E-state index in [1.807, 2.05) is 18.2 Å². The molecule has 1 heterocycles. The van der Waals surface area contributed by atoms with Crippen molar-refractivity contribution < 1.29 is 19.2 Å². The molecule has 148 valence electrons. The van der Waals surface area contributed by atoms with Crippen LogP contribution in [0.15, 0.2) is 48.5 Å². The predicted molar refractivity (Wildman–Crippen MR) is 109 cm³/mol. The molecule has 7 heteroatoms. The van der Waals surface area contributed by atoms with E-state index in [1.165, 1.54) is 4.90 Å². The first-order valence-corrected chi connectivity index (χ1v) is 9.76. The number of likely N-dealkylation sites (tertiary alicyclic amines) is 1. The van der Waals surface area contributed by atoms with Gasteiger partial charge < -0.3 is 20.3 Å². The zero-order chi connectivity index (χ0) is 19.9. The molecule has 0 unspecified atom stereocenters. The second kappa shape index (κ2) is 9.57. The Hall–Kier alpha value is -2.57. The fourth-order valence-electron chi connectivity index (χ4n) is 3.39. The van der Waals surface area contributed by atoms with E-state index in [-0.39, 0.29) is 17.9 Å². The van der Waals surface area contributed by atoms with Crippen LogP contribution in [0.25, 0.3) is 0 Å². The molecule has 6 nitrogen and oxygen atoms in total.